The van der Waals surface area contributed by atoms with Crippen molar-refractivity contribution in [1.82, 2.24) is 4.98 Å². The molecule has 3 rings (SSSR count). The number of rotatable bonds is 2. The van der Waals surface area contributed by atoms with E-state index in [4.69, 9.17) is 0 Å². The third-order valence-electron chi connectivity index (χ3n) is 3.78. The summed E-state index contributed by atoms with van der Waals surface area (Å²) in [4.78, 5) is 6.97. The number of hydrogen-bond donors (Lipinski definition) is 0. The van der Waals surface area contributed by atoms with Crippen LogP contribution in [0.4, 0.5) is 5.82 Å². The van der Waals surface area contributed by atoms with Gasteiger partial charge in [-0.05, 0) is 46.5 Å². The van der Waals surface area contributed by atoms with Gasteiger partial charge in [0.15, 0.2) is 0 Å². The molecule has 2 nitrogen and oxygen atoms in total. The van der Waals surface area contributed by atoms with E-state index in [0.29, 0.717) is 5.92 Å². The molecule has 98 valence electrons. The van der Waals surface area contributed by atoms with Crippen molar-refractivity contribution < 1.29 is 0 Å². The number of anilines is 1. The first-order valence-corrected chi connectivity index (χ1v) is 7.45. The highest BCUT2D eigenvalue weighted by atomic mass is 79.9. The monoisotopic (exact) mass is 316 g/mol. The molecule has 1 atom stereocenters. The number of aromatic nitrogens is 1. The van der Waals surface area contributed by atoms with Gasteiger partial charge in [0.05, 0.1) is 0 Å². The highest BCUT2D eigenvalue weighted by Gasteiger charge is 2.25. The highest BCUT2D eigenvalue weighted by molar-refractivity contribution is 9.10. The third-order valence-corrected chi connectivity index (χ3v) is 4.21. The Morgan fingerprint density at radius 3 is 2.79 bits per heavy atom. The minimum Gasteiger partial charge on any atom is -0.356 e. The molecule has 0 amide bonds. The lowest BCUT2D eigenvalue weighted by Gasteiger charge is -2.19. The van der Waals surface area contributed by atoms with E-state index >= 15 is 0 Å². The molecule has 19 heavy (non-hydrogen) atoms. The SMILES string of the molecule is Cc1cc(Br)cnc1N1CCC(c2ccccc2)C1. The first-order valence-electron chi connectivity index (χ1n) is 6.66. The lowest BCUT2D eigenvalue weighted by atomic mass is 9.99. The van der Waals surface area contributed by atoms with Crippen LogP contribution in [0.2, 0.25) is 0 Å². The van der Waals surface area contributed by atoms with E-state index in [0.717, 1.165) is 23.4 Å². The molecule has 1 saturated heterocycles. The Bertz CT molecular complexity index is 568. The quantitative estimate of drug-likeness (QED) is 0.827. The number of pyridine rings is 1. The first-order chi connectivity index (χ1) is 9.24. The summed E-state index contributed by atoms with van der Waals surface area (Å²) in [5.41, 5.74) is 2.68. The molecule has 0 N–H and O–H groups in total. The molecule has 1 aliphatic heterocycles. The summed E-state index contributed by atoms with van der Waals surface area (Å²) in [6.07, 6.45) is 3.10. The second-order valence-electron chi connectivity index (χ2n) is 5.14. The van der Waals surface area contributed by atoms with Gasteiger partial charge in [-0.3, -0.25) is 0 Å². The van der Waals surface area contributed by atoms with Crippen LogP contribution in [0, 0.1) is 6.92 Å². The lowest BCUT2D eigenvalue weighted by molar-refractivity contribution is 0.774. The maximum Gasteiger partial charge on any atom is 0.131 e. The molecule has 1 aliphatic rings. The summed E-state index contributed by atoms with van der Waals surface area (Å²) in [6, 6.07) is 12.9. The maximum atomic E-state index is 4.57. The standard InChI is InChI=1S/C16H17BrN2/c1-12-9-15(17)10-18-16(12)19-8-7-14(11-19)13-5-3-2-4-6-13/h2-6,9-10,14H,7-8,11H2,1H3. The van der Waals surface area contributed by atoms with Gasteiger partial charge in [0, 0.05) is 29.7 Å². The van der Waals surface area contributed by atoms with Crippen molar-refractivity contribution in [2.75, 3.05) is 18.0 Å². The number of aryl methyl sites for hydroxylation is 1. The average Bonchev–Trinajstić information content (AvgIpc) is 2.89. The molecule has 2 heterocycles. The Hall–Kier alpha value is -1.35. The molecule has 0 radical (unpaired) electrons. The van der Waals surface area contributed by atoms with Crippen molar-refractivity contribution >= 4 is 21.7 Å². The van der Waals surface area contributed by atoms with Crippen LogP contribution in [0.5, 0.6) is 0 Å². The van der Waals surface area contributed by atoms with Crippen molar-refractivity contribution in [3.05, 3.63) is 58.2 Å². The Labute approximate surface area is 122 Å². The van der Waals surface area contributed by atoms with Crippen LogP contribution >= 0.6 is 15.9 Å². The molecule has 3 heteroatoms. The van der Waals surface area contributed by atoms with E-state index in [-0.39, 0.29) is 0 Å². The van der Waals surface area contributed by atoms with E-state index < -0.39 is 0 Å². The van der Waals surface area contributed by atoms with Crippen molar-refractivity contribution in [2.24, 2.45) is 0 Å². The molecular weight excluding hydrogens is 300 g/mol. The van der Waals surface area contributed by atoms with E-state index in [1.54, 1.807) is 0 Å². The Morgan fingerprint density at radius 1 is 1.26 bits per heavy atom. The molecule has 1 aromatic heterocycles. The minimum absolute atomic E-state index is 0.631. The molecule has 0 aliphatic carbocycles. The zero-order valence-corrected chi connectivity index (χ0v) is 12.6. The summed E-state index contributed by atoms with van der Waals surface area (Å²) < 4.78 is 1.05. The predicted molar refractivity (Wildman–Crippen MR) is 82.7 cm³/mol. The summed E-state index contributed by atoms with van der Waals surface area (Å²) in [5, 5.41) is 0. The first kappa shape index (κ1) is 12.7. The van der Waals surface area contributed by atoms with Gasteiger partial charge in [-0.2, -0.15) is 0 Å². The number of nitrogens with zero attached hydrogens (tertiary/aromatic N) is 2. The zero-order valence-electron chi connectivity index (χ0n) is 11.0. The molecule has 0 spiro atoms. The van der Waals surface area contributed by atoms with Crippen LogP contribution in [-0.2, 0) is 0 Å². The molecule has 2 aromatic rings. The Morgan fingerprint density at radius 2 is 2.05 bits per heavy atom. The summed E-state index contributed by atoms with van der Waals surface area (Å²) in [7, 11) is 0. The fraction of sp³-hybridized carbons (Fsp3) is 0.312. The molecular formula is C16H17BrN2. The summed E-state index contributed by atoms with van der Waals surface area (Å²) in [6.45, 7) is 4.29. The van der Waals surface area contributed by atoms with Crippen molar-refractivity contribution in [3.63, 3.8) is 0 Å². The minimum atomic E-state index is 0.631. The van der Waals surface area contributed by atoms with Gasteiger partial charge in [0.25, 0.3) is 0 Å². The highest BCUT2D eigenvalue weighted by Crippen LogP contribution is 2.31. The van der Waals surface area contributed by atoms with E-state index in [1.165, 1.54) is 17.5 Å². The summed E-state index contributed by atoms with van der Waals surface area (Å²) >= 11 is 3.47. The van der Waals surface area contributed by atoms with E-state index in [9.17, 15) is 0 Å². The fourth-order valence-corrected chi connectivity index (χ4v) is 3.26. The molecule has 1 aromatic carbocycles. The number of halogens is 1. The number of benzene rings is 1. The van der Waals surface area contributed by atoms with E-state index in [1.807, 2.05) is 6.20 Å². The zero-order chi connectivity index (χ0) is 13.2. The topological polar surface area (TPSA) is 16.1 Å². The van der Waals surface area contributed by atoms with Crippen molar-refractivity contribution in [3.8, 4) is 0 Å². The van der Waals surface area contributed by atoms with Crippen LogP contribution in [0.25, 0.3) is 0 Å². The van der Waals surface area contributed by atoms with Crippen LogP contribution < -0.4 is 4.90 Å². The van der Waals surface area contributed by atoms with Crippen LogP contribution in [0.1, 0.15) is 23.5 Å². The van der Waals surface area contributed by atoms with Gasteiger partial charge in [0.2, 0.25) is 0 Å². The smallest absolute Gasteiger partial charge is 0.131 e. The van der Waals surface area contributed by atoms with Crippen LogP contribution in [0.15, 0.2) is 47.1 Å². The van der Waals surface area contributed by atoms with Gasteiger partial charge in [0.1, 0.15) is 5.82 Å². The second kappa shape index (κ2) is 5.33. The second-order valence-corrected chi connectivity index (χ2v) is 6.05. The van der Waals surface area contributed by atoms with Crippen molar-refractivity contribution in [2.45, 2.75) is 19.3 Å². The molecule has 0 saturated carbocycles. The van der Waals surface area contributed by atoms with Gasteiger partial charge in [-0.15, -0.1) is 0 Å². The molecule has 0 bridgehead atoms. The third kappa shape index (κ3) is 2.66. The van der Waals surface area contributed by atoms with Gasteiger partial charge in [-0.1, -0.05) is 30.3 Å². The lowest BCUT2D eigenvalue weighted by Crippen LogP contribution is -2.21. The summed E-state index contributed by atoms with van der Waals surface area (Å²) in [5.74, 6) is 1.76. The predicted octanol–water partition coefficient (Wildman–Crippen LogP) is 4.15. The fourth-order valence-electron chi connectivity index (χ4n) is 2.81. The van der Waals surface area contributed by atoms with E-state index in [2.05, 4.69) is 69.1 Å². The largest absolute Gasteiger partial charge is 0.356 e. The average molecular weight is 317 g/mol. The molecule has 1 fully saturated rings. The van der Waals surface area contributed by atoms with Crippen LogP contribution in [-0.4, -0.2) is 18.1 Å². The maximum absolute atomic E-state index is 4.57. The van der Waals surface area contributed by atoms with Gasteiger partial charge in [-0.25, -0.2) is 4.98 Å². The normalized spacial score (nSPS) is 18.8. The molecule has 1 unspecified atom stereocenters. The van der Waals surface area contributed by atoms with Gasteiger partial charge < -0.3 is 4.90 Å². The Balaban J connectivity index is 1.79. The van der Waals surface area contributed by atoms with Crippen molar-refractivity contribution in [1.29, 1.82) is 0 Å². The van der Waals surface area contributed by atoms with Gasteiger partial charge >= 0.3 is 0 Å². The van der Waals surface area contributed by atoms with Crippen LogP contribution in [0.3, 0.4) is 0 Å². The number of hydrogen-bond acceptors (Lipinski definition) is 2. The Kier molecular flexibility index (Phi) is 3.56.